The third-order valence-corrected chi connectivity index (χ3v) is 5.85. The van der Waals surface area contributed by atoms with E-state index in [0.717, 1.165) is 32.1 Å². The number of unbranched alkanes of at least 4 members (excludes halogenated alkanes) is 10. The predicted molar refractivity (Wildman–Crippen MR) is 127 cm³/mol. The van der Waals surface area contributed by atoms with Crippen LogP contribution in [0.25, 0.3) is 0 Å². The zero-order chi connectivity index (χ0) is 24.8. The first kappa shape index (κ1) is 32.2. The largest absolute Gasteiger partial charge is 0.472 e. The Morgan fingerprint density at radius 3 is 1.91 bits per heavy atom. The van der Waals surface area contributed by atoms with Crippen molar-refractivity contribution in [2.24, 2.45) is 0 Å². The molecule has 0 amide bonds. The fourth-order valence-electron chi connectivity index (χ4n) is 2.92. The van der Waals surface area contributed by atoms with Crippen LogP contribution in [0.2, 0.25) is 0 Å². The highest BCUT2D eigenvalue weighted by Gasteiger charge is 2.24. The summed E-state index contributed by atoms with van der Waals surface area (Å²) < 4.78 is 25.5. The third kappa shape index (κ3) is 22.7. The summed E-state index contributed by atoms with van der Waals surface area (Å²) >= 11 is 0. The Morgan fingerprint density at radius 2 is 1.33 bits per heavy atom. The van der Waals surface area contributed by atoms with E-state index in [1.165, 1.54) is 44.9 Å². The molecule has 0 aromatic rings. The van der Waals surface area contributed by atoms with E-state index >= 15 is 0 Å². The van der Waals surface area contributed by atoms with Crippen molar-refractivity contribution < 1.29 is 43.4 Å². The lowest BCUT2D eigenvalue weighted by molar-refractivity contribution is -0.147. The normalized spacial score (nSPS) is 15.4. The van der Waals surface area contributed by atoms with Gasteiger partial charge in [0.05, 0.1) is 19.8 Å². The maximum Gasteiger partial charge on any atom is 0.472 e. The van der Waals surface area contributed by atoms with Gasteiger partial charge in [0.15, 0.2) is 0 Å². The first-order chi connectivity index (χ1) is 15.8. The topological polar surface area (TPSA) is 143 Å². The summed E-state index contributed by atoms with van der Waals surface area (Å²) in [7, 11) is -4.48. The maximum atomic E-state index is 11.7. The van der Waals surface area contributed by atoms with Gasteiger partial charge >= 0.3 is 13.8 Å². The molecular weight excluding hydrogens is 451 g/mol. The molecule has 2 unspecified atom stereocenters. The van der Waals surface area contributed by atoms with Gasteiger partial charge < -0.3 is 24.9 Å². The van der Waals surface area contributed by atoms with Crippen molar-refractivity contribution >= 4 is 13.8 Å². The minimum absolute atomic E-state index is 0.259. The zero-order valence-corrected chi connectivity index (χ0v) is 21.0. The Hall–Kier alpha value is -0.800. The molecule has 0 heterocycles. The summed E-state index contributed by atoms with van der Waals surface area (Å²) in [6.45, 7) is 0.0661. The SMILES string of the molecule is CCCCCC/C=C\CCCCCCCCC(=O)OC[C@@H](O)COP(=O)(O)OCC(O)CO. The fraction of sp³-hybridized carbons (Fsp3) is 0.870. The third-order valence-electron chi connectivity index (χ3n) is 4.90. The van der Waals surface area contributed by atoms with Gasteiger partial charge in [-0.1, -0.05) is 64.0 Å². The van der Waals surface area contributed by atoms with Gasteiger partial charge in [-0.15, -0.1) is 0 Å². The van der Waals surface area contributed by atoms with Gasteiger partial charge in [0.1, 0.15) is 18.8 Å². The van der Waals surface area contributed by atoms with Crippen LogP contribution < -0.4 is 0 Å². The number of carbonyl (C=O) groups is 1. The lowest BCUT2D eigenvalue weighted by Gasteiger charge is -2.16. The average Bonchev–Trinajstić information content (AvgIpc) is 2.80. The molecule has 0 aliphatic heterocycles. The lowest BCUT2D eigenvalue weighted by atomic mass is 10.1. The molecule has 196 valence electrons. The van der Waals surface area contributed by atoms with Gasteiger partial charge in [-0.3, -0.25) is 13.8 Å². The Labute approximate surface area is 198 Å². The molecule has 0 bridgehead atoms. The molecule has 0 fully saturated rings. The monoisotopic (exact) mass is 496 g/mol. The number of ether oxygens (including phenoxy) is 1. The van der Waals surface area contributed by atoms with E-state index in [-0.39, 0.29) is 13.0 Å². The van der Waals surface area contributed by atoms with Crippen LogP contribution in [0.3, 0.4) is 0 Å². The van der Waals surface area contributed by atoms with Crippen LogP contribution in [-0.2, 0) is 23.1 Å². The van der Waals surface area contributed by atoms with Crippen LogP contribution in [0.15, 0.2) is 12.2 Å². The van der Waals surface area contributed by atoms with Crippen LogP contribution in [0.4, 0.5) is 0 Å². The smallest absolute Gasteiger partial charge is 0.463 e. The quantitative estimate of drug-likeness (QED) is 0.0713. The van der Waals surface area contributed by atoms with Crippen molar-refractivity contribution in [3.05, 3.63) is 12.2 Å². The number of phosphoric ester groups is 1. The summed E-state index contributed by atoms with van der Waals surface area (Å²) in [6.07, 6.45) is 16.0. The van der Waals surface area contributed by atoms with Gasteiger partial charge in [-0.2, -0.15) is 0 Å². The fourth-order valence-corrected chi connectivity index (χ4v) is 3.72. The Balaban J connectivity index is 3.58. The number of aliphatic hydroxyl groups excluding tert-OH is 3. The number of rotatable bonds is 23. The van der Waals surface area contributed by atoms with Crippen molar-refractivity contribution in [1.82, 2.24) is 0 Å². The van der Waals surface area contributed by atoms with Gasteiger partial charge in [-0.25, -0.2) is 4.57 Å². The predicted octanol–water partition coefficient (Wildman–Crippen LogP) is 4.02. The van der Waals surface area contributed by atoms with Crippen LogP contribution >= 0.6 is 7.82 Å². The van der Waals surface area contributed by atoms with Crippen LogP contribution in [0.5, 0.6) is 0 Å². The Kier molecular flexibility index (Phi) is 21.2. The molecule has 0 aliphatic rings. The molecule has 0 spiro atoms. The van der Waals surface area contributed by atoms with Crippen LogP contribution in [0.1, 0.15) is 90.4 Å². The van der Waals surface area contributed by atoms with E-state index < -0.39 is 45.8 Å². The molecule has 0 aromatic heterocycles. The molecule has 9 nitrogen and oxygen atoms in total. The molecule has 0 rings (SSSR count). The maximum absolute atomic E-state index is 11.7. The minimum atomic E-state index is -4.48. The van der Waals surface area contributed by atoms with Gasteiger partial charge in [-0.05, 0) is 32.1 Å². The molecular formula is C23H45O9P. The number of carbonyl (C=O) groups excluding carboxylic acids is 1. The summed E-state index contributed by atoms with van der Waals surface area (Å²) in [4.78, 5) is 21.1. The van der Waals surface area contributed by atoms with E-state index in [2.05, 4.69) is 28.1 Å². The summed E-state index contributed by atoms with van der Waals surface area (Å²) in [6, 6.07) is 0. The number of allylic oxidation sites excluding steroid dienone is 2. The van der Waals surface area contributed by atoms with E-state index in [0.29, 0.717) is 0 Å². The number of aliphatic hydroxyl groups is 3. The molecule has 0 aromatic carbocycles. The van der Waals surface area contributed by atoms with Crippen molar-refractivity contribution in [1.29, 1.82) is 0 Å². The second-order valence-electron chi connectivity index (χ2n) is 8.21. The summed E-state index contributed by atoms with van der Waals surface area (Å²) in [5.74, 6) is -0.437. The number of phosphoric acid groups is 1. The molecule has 0 saturated carbocycles. The molecule has 4 N–H and O–H groups in total. The van der Waals surface area contributed by atoms with E-state index in [9.17, 15) is 19.4 Å². The van der Waals surface area contributed by atoms with Crippen molar-refractivity contribution in [3.8, 4) is 0 Å². The molecule has 3 atom stereocenters. The second-order valence-corrected chi connectivity index (χ2v) is 9.67. The highest BCUT2D eigenvalue weighted by Crippen LogP contribution is 2.43. The highest BCUT2D eigenvalue weighted by atomic mass is 31.2. The van der Waals surface area contributed by atoms with Crippen LogP contribution in [-0.4, -0.2) is 64.8 Å². The van der Waals surface area contributed by atoms with Crippen LogP contribution in [0, 0.1) is 0 Å². The van der Waals surface area contributed by atoms with E-state index in [4.69, 9.17) is 14.9 Å². The number of hydrogen-bond acceptors (Lipinski definition) is 8. The Bertz CT molecular complexity index is 542. The van der Waals surface area contributed by atoms with Crippen molar-refractivity contribution in [2.45, 2.75) is 103 Å². The van der Waals surface area contributed by atoms with Gasteiger partial charge in [0.2, 0.25) is 0 Å². The average molecular weight is 497 g/mol. The minimum Gasteiger partial charge on any atom is -0.463 e. The highest BCUT2D eigenvalue weighted by molar-refractivity contribution is 7.47. The van der Waals surface area contributed by atoms with Crippen molar-refractivity contribution in [3.63, 3.8) is 0 Å². The molecule has 33 heavy (non-hydrogen) atoms. The molecule has 0 radical (unpaired) electrons. The van der Waals surface area contributed by atoms with Gasteiger partial charge in [0.25, 0.3) is 0 Å². The number of hydrogen-bond donors (Lipinski definition) is 4. The second kappa shape index (κ2) is 21.7. The summed E-state index contributed by atoms with van der Waals surface area (Å²) in [5, 5.41) is 27.4. The van der Waals surface area contributed by atoms with E-state index in [1.807, 2.05) is 0 Å². The lowest BCUT2D eigenvalue weighted by Crippen LogP contribution is -2.24. The zero-order valence-electron chi connectivity index (χ0n) is 20.1. The first-order valence-electron chi connectivity index (χ1n) is 12.2. The van der Waals surface area contributed by atoms with Crippen molar-refractivity contribution in [2.75, 3.05) is 26.4 Å². The van der Waals surface area contributed by atoms with Gasteiger partial charge in [0, 0.05) is 6.42 Å². The van der Waals surface area contributed by atoms with E-state index in [1.54, 1.807) is 0 Å². The standard InChI is InChI=1S/C23H45O9P/c1-2-3-4-5-6-7-8-9-10-11-12-13-14-15-16-23(27)30-18-22(26)20-32-33(28,29)31-19-21(25)17-24/h7-8,21-22,24-26H,2-6,9-20H2,1H3,(H,28,29)/b8-7-/t21?,22-/m1/s1. The summed E-state index contributed by atoms with van der Waals surface area (Å²) in [5.41, 5.74) is 0. The first-order valence-corrected chi connectivity index (χ1v) is 13.7. The molecule has 10 heteroatoms. The molecule has 0 saturated heterocycles. The Morgan fingerprint density at radius 1 is 0.818 bits per heavy atom. The number of esters is 1. The molecule has 0 aliphatic carbocycles.